The van der Waals surface area contributed by atoms with Crippen molar-refractivity contribution in [3.63, 3.8) is 0 Å². The standard InChI is InChI=1S/C16H19ClN2O4/c1-23-16(20)12-6-15(19(21)22)14(7-13(12)17)18-8-10-4-2-3-5-11(10)9-18/h6-7,10-11H,2-5,8-9H2,1H3. The molecule has 23 heavy (non-hydrogen) atoms. The maximum atomic E-state index is 11.7. The minimum Gasteiger partial charge on any atom is -0.465 e. The number of benzene rings is 1. The van der Waals surface area contributed by atoms with Crippen LogP contribution in [-0.4, -0.2) is 31.1 Å². The number of carbonyl (C=O) groups is 1. The van der Waals surface area contributed by atoms with Crippen LogP contribution >= 0.6 is 11.6 Å². The number of nitro groups is 1. The molecule has 1 aromatic carbocycles. The van der Waals surface area contributed by atoms with Crippen LogP contribution in [0.5, 0.6) is 0 Å². The number of methoxy groups -OCH3 is 1. The fourth-order valence-corrected chi connectivity index (χ4v) is 4.05. The molecule has 1 saturated carbocycles. The van der Waals surface area contributed by atoms with Crippen LogP contribution < -0.4 is 4.90 Å². The van der Waals surface area contributed by atoms with Crippen LogP contribution in [0, 0.1) is 22.0 Å². The summed E-state index contributed by atoms with van der Waals surface area (Å²) < 4.78 is 4.63. The molecule has 124 valence electrons. The number of anilines is 1. The molecule has 1 aliphatic heterocycles. The van der Waals surface area contributed by atoms with Crippen molar-refractivity contribution in [1.29, 1.82) is 0 Å². The van der Waals surface area contributed by atoms with E-state index in [1.54, 1.807) is 0 Å². The van der Waals surface area contributed by atoms with Gasteiger partial charge in [0, 0.05) is 19.2 Å². The van der Waals surface area contributed by atoms with Gasteiger partial charge in [0.05, 0.1) is 22.6 Å². The molecule has 1 aromatic rings. The van der Waals surface area contributed by atoms with E-state index in [-0.39, 0.29) is 16.3 Å². The van der Waals surface area contributed by atoms with Gasteiger partial charge in [-0.1, -0.05) is 24.4 Å². The van der Waals surface area contributed by atoms with E-state index < -0.39 is 10.9 Å². The van der Waals surface area contributed by atoms with E-state index >= 15 is 0 Å². The van der Waals surface area contributed by atoms with E-state index in [2.05, 4.69) is 4.74 Å². The lowest BCUT2D eigenvalue weighted by Crippen LogP contribution is -2.21. The normalized spacial score (nSPS) is 23.5. The monoisotopic (exact) mass is 338 g/mol. The van der Waals surface area contributed by atoms with Crippen molar-refractivity contribution in [2.24, 2.45) is 11.8 Å². The van der Waals surface area contributed by atoms with Crippen LogP contribution in [-0.2, 0) is 4.74 Å². The first-order valence-corrected chi connectivity index (χ1v) is 8.20. The van der Waals surface area contributed by atoms with Crippen LogP contribution in [0.1, 0.15) is 36.0 Å². The van der Waals surface area contributed by atoms with Gasteiger partial charge in [0.15, 0.2) is 0 Å². The lowest BCUT2D eigenvalue weighted by molar-refractivity contribution is -0.384. The number of hydrogen-bond donors (Lipinski definition) is 0. The van der Waals surface area contributed by atoms with Gasteiger partial charge < -0.3 is 9.64 Å². The molecular formula is C16H19ClN2O4. The van der Waals surface area contributed by atoms with E-state index in [0.29, 0.717) is 17.5 Å². The molecule has 2 aliphatic rings. The van der Waals surface area contributed by atoms with Gasteiger partial charge in [0.2, 0.25) is 0 Å². The highest BCUT2D eigenvalue weighted by molar-refractivity contribution is 6.34. The molecule has 1 aliphatic carbocycles. The molecule has 2 atom stereocenters. The second-order valence-corrected chi connectivity index (χ2v) is 6.69. The SMILES string of the molecule is COC(=O)c1cc([N+](=O)[O-])c(N2CC3CCCCC3C2)cc1Cl. The minimum atomic E-state index is -0.667. The number of nitrogens with zero attached hydrogens (tertiary/aromatic N) is 2. The Bertz CT molecular complexity index is 635. The zero-order valence-electron chi connectivity index (χ0n) is 13.0. The second kappa shape index (κ2) is 6.35. The molecule has 6 nitrogen and oxygen atoms in total. The third kappa shape index (κ3) is 3.00. The molecular weight excluding hydrogens is 320 g/mol. The Morgan fingerprint density at radius 1 is 1.30 bits per heavy atom. The Kier molecular flexibility index (Phi) is 4.43. The molecule has 0 bridgehead atoms. The maximum Gasteiger partial charge on any atom is 0.339 e. The van der Waals surface area contributed by atoms with Crippen molar-refractivity contribution in [1.82, 2.24) is 0 Å². The van der Waals surface area contributed by atoms with Gasteiger partial charge in [-0.15, -0.1) is 0 Å². The zero-order valence-corrected chi connectivity index (χ0v) is 13.7. The molecule has 0 radical (unpaired) electrons. The first-order valence-electron chi connectivity index (χ1n) is 7.82. The highest BCUT2D eigenvalue weighted by Crippen LogP contribution is 2.42. The van der Waals surface area contributed by atoms with Gasteiger partial charge >= 0.3 is 5.97 Å². The van der Waals surface area contributed by atoms with Crippen LogP contribution in [0.3, 0.4) is 0 Å². The molecule has 0 amide bonds. The largest absolute Gasteiger partial charge is 0.465 e. The summed E-state index contributed by atoms with van der Waals surface area (Å²) in [6.07, 6.45) is 4.84. The van der Waals surface area contributed by atoms with Crippen molar-refractivity contribution in [2.45, 2.75) is 25.7 Å². The molecule has 0 aromatic heterocycles. The summed E-state index contributed by atoms with van der Waals surface area (Å²) in [7, 11) is 1.23. The third-order valence-electron chi connectivity index (χ3n) is 4.98. The molecule has 0 N–H and O–H groups in total. The first kappa shape index (κ1) is 16.1. The van der Waals surface area contributed by atoms with E-state index in [0.717, 1.165) is 13.1 Å². The van der Waals surface area contributed by atoms with E-state index in [1.165, 1.54) is 44.9 Å². The average molecular weight is 339 g/mol. The summed E-state index contributed by atoms with van der Waals surface area (Å²) in [5.74, 6) is 0.532. The van der Waals surface area contributed by atoms with Crippen molar-refractivity contribution < 1.29 is 14.5 Å². The zero-order chi connectivity index (χ0) is 16.6. The highest BCUT2D eigenvalue weighted by atomic mass is 35.5. The Morgan fingerprint density at radius 3 is 2.43 bits per heavy atom. The second-order valence-electron chi connectivity index (χ2n) is 6.28. The quantitative estimate of drug-likeness (QED) is 0.477. The van der Waals surface area contributed by atoms with Crippen LogP contribution in [0.4, 0.5) is 11.4 Å². The van der Waals surface area contributed by atoms with E-state index in [9.17, 15) is 14.9 Å². The Labute approximate surface area is 139 Å². The van der Waals surface area contributed by atoms with Crippen LogP contribution in [0.25, 0.3) is 0 Å². The molecule has 3 rings (SSSR count). The summed E-state index contributed by atoms with van der Waals surface area (Å²) in [5.41, 5.74) is 0.441. The van der Waals surface area contributed by atoms with Crippen LogP contribution in [0.2, 0.25) is 5.02 Å². The number of halogens is 1. The van der Waals surface area contributed by atoms with Gasteiger partial charge in [0.25, 0.3) is 5.69 Å². The van der Waals surface area contributed by atoms with Gasteiger partial charge in [-0.05, 0) is 30.7 Å². The number of carbonyl (C=O) groups excluding carboxylic acids is 1. The van der Waals surface area contributed by atoms with Crippen molar-refractivity contribution in [2.75, 3.05) is 25.1 Å². The fraction of sp³-hybridized carbons (Fsp3) is 0.562. The van der Waals surface area contributed by atoms with E-state index in [1.807, 2.05) is 4.90 Å². The van der Waals surface area contributed by atoms with Gasteiger partial charge in [-0.2, -0.15) is 0 Å². The third-order valence-corrected chi connectivity index (χ3v) is 5.30. The Morgan fingerprint density at radius 2 is 1.91 bits per heavy atom. The summed E-state index contributed by atoms with van der Waals surface area (Å²) >= 11 is 6.16. The van der Waals surface area contributed by atoms with Crippen molar-refractivity contribution >= 4 is 28.9 Å². The molecule has 1 saturated heterocycles. The number of hydrogen-bond acceptors (Lipinski definition) is 5. The maximum absolute atomic E-state index is 11.7. The summed E-state index contributed by atoms with van der Waals surface area (Å²) in [4.78, 5) is 24.7. The molecule has 0 spiro atoms. The number of ether oxygens (including phenoxy) is 1. The number of esters is 1. The number of nitro benzene ring substituents is 1. The lowest BCUT2D eigenvalue weighted by atomic mass is 9.82. The number of rotatable bonds is 3. The van der Waals surface area contributed by atoms with Gasteiger partial charge in [0.1, 0.15) is 5.69 Å². The average Bonchev–Trinajstić information content (AvgIpc) is 2.97. The predicted octanol–water partition coefficient (Wildman–Crippen LogP) is 3.66. The first-order chi connectivity index (χ1) is 11.0. The topological polar surface area (TPSA) is 72.7 Å². The van der Waals surface area contributed by atoms with E-state index in [4.69, 9.17) is 11.6 Å². The molecule has 7 heteroatoms. The van der Waals surface area contributed by atoms with Gasteiger partial charge in [-0.25, -0.2) is 4.79 Å². The molecule has 2 unspecified atom stereocenters. The Hall–Kier alpha value is -1.82. The fourth-order valence-electron chi connectivity index (χ4n) is 3.82. The summed E-state index contributed by atoms with van der Waals surface area (Å²) in [5, 5.41) is 11.6. The molecule has 2 fully saturated rings. The minimum absolute atomic E-state index is 0.0289. The van der Waals surface area contributed by atoms with Crippen LogP contribution in [0.15, 0.2) is 12.1 Å². The Balaban J connectivity index is 1.97. The predicted molar refractivity (Wildman–Crippen MR) is 87.1 cm³/mol. The lowest BCUT2D eigenvalue weighted by Gasteiger charge is -2.22. The van der Waals surface area contributed by atoms with Crippen molar-refractivity contribution in [3.8, 4) is 0 Å². The summed E-state index contributed by atoms with van der Waals surface area (Å²) in [6, 6.07) is 2.76. The van der Waals surface area contributed by atoms with Gasteiger partial charge in [-0.3, -0.25) is 10.1 Å². The summed E-state index contributed by atoms with van der Waals surface area (Å²) in [6.45, 7) is 1.64. The number of fused-ring (bicyclic) bond motifs is 1. The smallest absolute Gasteiger partial charge is 0.339 e. The van der Waals surface area contributed by atoms with Crippen molar-refractivity contribution in [3.05, 3.63) is 32.8 Å². The molecule has 1 heterocycles. The highest BCUT2D eigenvalue weighted by Gasteiger charge is 2.37.